The van der Waals surface area contributed by atoms with Crippen LogP contribution in [-0.4, -0.2) is 61.8 Å². The number of benzene rings is 1. The van der Waals surface area contributed by atoms with Crippen LogP contribution in [0.2, 0.25) is 0 Å². The number of ether oxygens (including phenoxy) is 2. The first kappa shape index (κ1) is 32.5. The second-order valence-electron chi connectivity index (χ2n) is 9.73. The zero-order valence-corrected chi connectivity index (χ0v) is 23.8. The van der Waals surface area contributed by atoms with Crippen LogP contribution in [0, 0.1) is 5.41 Å². The third kappa shape index (κ3) is 14.7. The summed E-state index contributed by atoms with van der Waals surface area (Å²) in [7, 11) is 0.0657. The summed E-state index contributed by atoms with van der Waals surface area (Å²) in [6.07, 6.45) is 4.06. The molecule has 208 valence electrons. The van der Waals surface area contributed by atoms with Gasteiger partial charge in [-0.3, -0.25) is 19.7 Å². The van der Waals surface area contributed by atoms with Gasteiger partial charge in [-0.25, -0.2) is 5.09 Å². The quantitative estimate of drug-likeness (QED) is 0.0991. The van der Waals surface area contributed by atoms with Crippen molar-refractivity contribution in [2.24, 2.45) is 5.41 Å². The largest absolute Gasteiger partial charge is 0.464 e. The van der Waals surface area contributed by atoms with Crippen LogP contribution in [-0.2, 0) is 28.4 Å². The van der Waals surface area contributed by atoms with Crippen molar-refractivity contribution in [1.29, 1.82) is 0 Å². The fraction of sp³-hybridized carbons (Fsp3) is 0.577. The molecule has 0 aliphatic heterocycles. The minimum atomic E-state index is -1.70. The topological polar surface area (TPSA) is 115 Å². The van der Waals surface area contributed by atoms with Crippen molar-refractivity contribution < 1.29 is 32.9 Å². The molecule has 0 aliphatic carbocycles. The molecule has 10 nitrogen and oxygen atoms in total. The van der Waals surface area contributed by atoms with Gasteiger partial charge in [-0.2, -0.15) is 0 Å². The highest BCUT2D eigenvalue weighted by Gasteiger charge is 2.26. The summed E-state index contributed by atoms with van der Waals surface area (Å²) < 4.78 is 23.7. The van der Waals surface area contributed by atoms with E-state index in [1.807, 2.05) is 70.3 Å². The Morgan fingerprint density at radius 3 is 2.43 bits per heavy atom. The van der Waals surface area contributed by atoms with E-state index in [4.69, 9.17) is 18.5 Å². The Kier molecular flexibility index (Phi) is 15.0. The van der Waals surface area contributed by atoms with Crippen LogP contribution in [0.3, 0.4) is 0 Å². The van der Waals surface area contributed by atoms with Crippen molar-refractivity contribution in [2.75, 3.05) is 20.3 Å². The van der Waals surface area contributed by atoms with Crippen LogP contribution < -0.4 is 14.9 Å². The average molecular weight is 540 g/mol. The van der Waals surface area contributed by atoms with Gasteiger partial charge in [0.1, 0.15) is 18.0 Å². The standard InChI is InChI=1S/C26H42N3O7P/c1-8-12-23(35-21(3)29(7)16-15-24(31)27-19-30)17-34-37(36-22-13-10-9-11-14-22)28-20(2)25(32)33-18-26(4,5)6/h9-11,13-16,19-21,23,28H,8,12,17-18H2,1-7H3,(H,27,30,31)/b16-15-/t20?,21-,23+,37?/m1/s1. The lowest BCUT2D eigenvalue weighted by atomic mass is 9.99. The number of hydrogen-bond acceptors (Lipinski definition) is 9. The molecule has 37 heavy (non-hydrogen) atoms. The molecule has 4 atom stereocenters. The minimum absolute atomic E-state index is 0.140. The maximum absolute atomic E-state index is 12.5. The van der Waals surface area contributed by atoms with Crippen molar-refractivity contribution in [3.63, 3.8) is 0 Å². The van der Waals surface area contributed by atoms with Crippen molar-refractivity contribution >= 4 is 26.8 Å². The Balaban J connectivity index is 2.81. The van der Waals surface area contributed by atoms with Gasteiger partial charge in [0.15, 0.2) is 0 Å². The van der Waals surface area contributed by atoms with Gasteiger partial charge in [-0.05, 0) is 37.8 Å². The van der Waals surface area contributed by atoms with Crippen LogP contribution in [0.4, 0.5) is 0 Å². The van der Waals surface area contributed by atoms with Gasteiger partial charge < -0.3 is 23.4 Å². The van der Waals surface area contributed by atoms with Crippen LogP contribution >= 0.6 is 8.53 Å². The van der Waals surface area contributed by atoms with Gasteiger partial charge in [0.2, 0.25) is 6.41 Å². The van der Waals surface area contributed by atoms with Gasteiger partial charge in [0.25, 0.3) is 5.91 Å². The molecule has 2 N–H and O–H groups in total. The first-order valence-electron chi connectivity index (χ1n) is 12.3. The molecule has 0 fully saturated rings. The highest BCUT2D eigenvalue weighted by molar-refractivity contribution is 7.45. The number of para-hydroxylation sites is 1. The van der Waals surface area contributed by atoms with Gasteiger partial charge in [-0.15, -0.1) is 0 Å². The molecule has 0 saturated carbocycles. The molecule has 11 heteroatoms. The fourth-order valence-corrected chi connectivity index (χ4v) is 3.96. The highest BCUT2D eigenvalue weighted by Crippen LogP contribution is 2.36. The fourth-order valence-electron chi connectivity index (χ4n) is 2.74. The molecule has 0 aromatic heterocycles. The van der Waals surface area contributed by atoms with Crippen LogP contribution in [0.1, 0.15) is 54.4 Å². The zero-order valence-electron chi connectivity index (χ0n) is 22.9. The van der Waals surface area contributed by atoms with E-state index >= 15 is 0 Å². The summed E-state index contributed by atoms with van der Waals surface area (Å²) in [5.74, 6) is -0.298. The number of nitrogens with one attached hydrogen (secondary N) is 2. The third-order valence-corrected chi connectivity index (χ3v) is 6.20. The number of hydrogen-bond donors (Lipinski definition) is 2. The smallest absolute Gasteiger partial charge is 0.323 e. The SMILES string of the molecule is CCC[C@@H](COP(NC(C)C(=O)OCC(C)(C)C)Oc1ccccc1)O[C@H](C)N(C)/C=C\C(=O)NC=O. The van der Waals surface area contributed by atoms with Gasteiger partial charge in [0, 0.05) is 19.3 Å². The van der Waals surface area contributed by atoms with E-state index in [0.717, 1.165) is 12.8 Å². The minimum Gasteiger partial charge on any atom is -0.464 e. The number of rotatable bonds is 17. The van der Waals surface area contributed by atoms with E-state index in [9.17, 15) is 14.4 Å². The predicted molar refractivity (Wildman–Crippen MR) is 143 cm³/mol. The second kappa shape index (κ2) is 17.1. The Morgan fingerprint density at radius 1 is 1.16 bits per heavy atom. The van der Waals surface area contributed by atoms with E-state index in [2.05, 4.69) is 5.09 Å². The first-order valence-corrected chi connectivity index (χ1v) is 13.5. The van der Waals surface area contributed by atoms with E-state index in [1.165, 1.54) is 12.3 Å². The summed E-state index contributed by atoms with van der Waals surface area (Å²) in [6.45, 7) is 12.1. The summed E-state index contributed by atoms with van der Waals surface area (Å²) in [4.78, 5) is 36.1. The van der Waals surface area contributed by atoms with E-state index in [-0.39, 0.29) is 30.3 Å². The lowest BCUT2D eigenvalue weighted by Gasteiger charge is -2.29. The Bertz CT molecular complexity index is 848. The molecule has 0 spiro atoms. The monoisotopic (exact) mass is 539 g/mol. The van der Waals surface area contributed by atoms with Gasteiger partial charge >= 0.3 is 14.5 Å². The molecule has 1 aromatic rings. The molecule has 0 aliphatic rings. The molecule has 0 bridgehead atoms. The lowest BCUT2D eigenvalue weighted by molar-refractivity contribution is -0.148. The van der Waals surface area contributed by atoms with Crippen LogP contribution in [0.25, 0.3) is 0 Å². The highest BCUT2D eigenvalue weighted by atomic mass is 31.2. The molecule has 1 aromatic carbocycles. The average Bonchev–Trinajstić information content (AvgIpc) is 2.84. The molecule has 0 radical (unpaired) electrons. The van der Waals surface area contributed by atoms with Gasteiger partial charge in [-0.1, -0.05) is 52.3 Å². The molecule has 0 saturated heterocycles. The molecular weight excluding hydrogens is 497 g/mol. The Morgan fingerprint density at radius 2 is 1.84 bits per heavy atom. The molecule has 1 rings (SSSR count). The number of esters is 1. The maximum atomic E-state index is 12.5. The van der Waals surface area contributed by atoms with E-state index in [0.29, 0.717) is 18.8 Å². The number of imide groups is 1. The normalized spacial score (nSPS) is 14.9. The Labute approximate surface area is 222 Å². The van der Waals surface area contributed by atoms with Gasteiger partial charge in [0.05, 0.1) is 19.3 Å². The molecule has 2 unspecified atom stereocenters. The number of carbonyl (C=O) groups excluding carboxylic acids is 3. The summed E-state index contributed by atoms with van der Waals surface area (Å²) in [5, 5.41) is 5.16. The van der Waals surface area contributed by atoms with Crippen LogP contribution in [0.15, 0.2) is 42.6 Å². The number of nitrogens with zero attached hydrogens (tertiary/aromatic N) is 1. The van der Waals surface area contributed by atoms with E-state index in [1.54, 1.807) is 18.9 Å². The molecule has 2 amide bonds. The van der Waals surface area contributed by atoms with Crippen molar-refractivity contribution in [3.05, 3.63) is 42.6 Å². The molecular formula is C26H42N3O7P. The summed E-state index contributed by atoms with van der Waals surface area (Å²) >= 11 is 0. The summed E-state index contributed by atoms with van der Waals surface area (Å²) in [6, 6.07) is 8.58. The van der Waals surface area contributed by atoms with E-state index < -0.39 is 20.5 Å². The first-order chi connectivity index (χ1) is 17.4. The van der Waals surface area contributed by atoms with Crippen LogP contribution in [0.5, 0.6) is 5.75 Å². The van der Waals surface area contributed by atoms with Crippen molar-refractivity contribution in [3.8, 4) is 5.75 Å². The summed E-state index contributed by atoms with van der Waals surface area (Å²) in [5.41, 5.74) is -0.140. The van der Waals surface area contributed by atoms with Crippen molar-refractivity contribution in [2.45, 2.75) is 72.8 Å². The lowest BCUT2D eigenvalue weighted by Crippen LogP contribution is -2.36. The Hall–Kier alpha value is -2.52. The number of amides is 2. The third-order valence-electron chi connectivity index (χ3n) is 4.85. The number of carbonyl (C=O) groups is 3. The zero-order chi connectivity index (χ0) is 27.8. The maximum Gasteiger partial charge on any atom is 0.323 e. The molecule has 0 heterocycles. The van der Waals surface area contributed by atoms with Crippen molar-refractivity contribution in [1.82, 2.24) is 15.3 Å². The second-order valence-corrected chi connectivity index (χ2v) is 10.9. The predicted octanol–water partition coefficient (Wildman–Crippen LogP) is 4.13.